The Labute approximate surface area is 195 Å². The van der Waals surface area contributed by atoms with Gasteiger partial charge in [0.1, 0.15) is 23.9 Å². The first-order valence-electron chi connectivity index (χ1n) is 11.2. The topological polar surface area (TPSA) is 65.0 Å². The molecule has 3 aromatic carbocycles. The molecule has 0 atom stereocenters. The fraction of sp³-hybridized carbons (Fsp3) is 0.250. The molecule has 172 valence electrons. The largest absolute Gasteiger partial charge is 0.508 e. The zero-order valence-corrected chi connectivity index (χ0v) is 18.7. The first-order valence-corrected chi connectivity index (χ1v) is 11.2. The molecule has 0 saturated carbocycles. The van der Waals surface area contributed by atoms with Crippen molar-refractivity contribution in [2.75, 3.05) is 13.2 Å². The van der Waals surface area contributed by atoms with E-state index in [9.17, 15) is 9.90 Å². The van der Waals surface area contributed by atoms with Gasteiger partial charge in [-0.3, -0.25) is 0 Å². The van der Waals surface area contributed by atoms with Crippen molar-refractivity contribution < 1.29 is 24.1 Å². The molecule has 0 heterocycles. The minimum Gasteiger partial charge on any atom is -0.508 e. The molecule has 0 unspecified atom stereocenters. The zero-order chi connectivity index (χ0) is 23.3. The number of aromatic hydroxyl groups is 1. The van der Waals surface area contributed by atoms with Crippen LogP contribution < -0.4 is 9.47 Å². The summed E-state index contributed by atoms with van der Waals surface area (Å²) in [6.45, 7) is 4.95. The van der Waals surface area contributed by atoms with Crippen molar-refractivity contribution in [3.63, 3.8) is 0 Å². The second kappa shape index (κ2) is 13.0. The summed E-state index contributed by atoms with van der Waals surface area (Å²) in [5.74, 6) is 1.51. The Balaban J connectivity index is 1.33. The van der Waals surface area contributed by atoms with Crippen LogP contribution in [-0.2, 0) is 16.1 Å². The summed E-state index contributed by atoms with van der Waals surface area (Å²) in [5.41, 5.74) is 3.23. The summed E-state index contributed by atoms with van der Waals surface area (Å²) in [4.78, 5) is 10.9. The van der Waals surface area contributed by atoms with Crippen molar-refractivity contribution in [1.29, 1.82) is 0 Å². The monoisotopic (exact) mass is 446 g/mol. The van der Waals surface area contributed by atoms with Crippen LogP contribution in [0.5, 0.6) is 17.2 Å². The van der Waals surface area contributed by atoms with Crippen molar-refractivity contribution in [3.05, 3.63) is 91.0 Å². The summed E-state index contributed by atoms with van der Waals surface area (Å²) in [6.07, 6.45) is 5.01. The Morgan fingerprint density at radius 1 is 0.727 bits per heavy atom. The second-order valence-electron chi connectivity index (χ2n) is 7.64. The predicted molar refractivity (Wildman–Crippen MR) is 129 cm³/mol. The molecule has 0 aromatic heterocycles. The normalized spacial score (nSPS) is 10.4. The van der Waals surface area contributed by atoms with E-state index in [2.05, 4.69) is 18.7 Å². The summed E-state index contributed by atoms with van der Waals surface area (Å²) in [7, 11) is 0. The van der Waals surface area contributed by atoms with E-state index in [1.54, 1.807) is 12.1 Å². The highest BCUT2D eigenvalue weighted by Crippen LogP contribution is 2.23. The number of carbonyl (C=O) groups is 1. The number of benzene rings is 3. The van der Waals surface area contributed by atoms with Gasteiger partial charge >= 0.3 is 5.97 Å². The molecule has 0 aliphatic carbocycles. The Morgan fingerprint density at radius 2 is 1.27 bits per heavy atom. The maximum absolute atomic E-state index is 10.9. The van der Waals surface area contributed by atoms with Crippen molar-refractivity contribution in [2.24, 2.45) is 0 Å². The number of rotatable bonds is 13. The number of phenols is 1. The number of ether oxygens (including phenoxy) is 3. The molecule has 5 nitrogen and oxygen atoms in total. The summed E-state index contributed by atoms with van der Waals surface area (Å²) < 4.78 is 16.6. The van der Waals surface area contributed by atoms with Crippen LogP contribution in [0.4, 0.5) is 0 Å². The molecule has 3 aromatic rings. The standard InChI is InChI=1S/C28H30O5/c1-2-28(30)32-20-6-4-3-5-19-31-26-15-17-27(18-16-26)33-21-22-7-9-23(10-8-22)24-11-13-25(29)14-12-24/h2,7-18,29H,1,3-6,19-21H2. The second-order valence-corrected chi connectivity index (χ2v) is 7.64. The molecule has 0 spiro atoms. The van der Waals surface area contributed by atoms with Gasteiger partial charge in [-0.15, -0.1) is 0 Å². The van der Waals surface area contributed by atoms with Crippen LogP contribution in [0.15, 0.2) is 85.5 Å². The highest BCUT2D eigenvalue weighted by atomic mass is 16.5. The van der Waals surface area contributed by atoms with Crippen molar-refractivity contribution in [1.82, 2.24) is 0 Å². The molecule has 33 heavy (non-hydrogen) atoms. The lowest BCUT2D eigenvalue weighted by molar-refractivity contribution is -0.137. The highest BCUT2D eigenvalue weighted by Gasteiger charge is 2.01. The molecule has 0 amide bonds. The van der Waals surface area contributed by atoms with Gasteiger partial charge in [0.2, 0.25) is 0 Å². The maximum atomic E-state index is 10.9. The molecule has 3 rings (SSSR count). The first kappa shape index (κ1) is 23.9. The van der Waals surface area contributed by atoms with Crippen LogP contribution in [-0.4, -0.2) is 24.3 Å². The first-order chi connectivity index (χ1) is 16.1. The maximum Gasteiger partial charge on any atom is 0.330 e. The van der Waals surface area contributed by atoms with Crippen LogP contribution in [0, 0.1) is 0 Å². The quantitative estimate of drug-likeness (QED) is 0.189. The van der Waals surface area contributed by atoms with E-state index in [-0.39, 0.29) is 11.7 Å². The smallest absolute Gasteiger partial charge is 0.330 e. The summed E-state index contributed by atoms with van der Waals surface area (Å²) in [5, 5.41) is 9.41. The van der Waals surface area contributed by atoms with Crippen molar-refractivity contribution >= 4 is 5.97 Å². The summed E-state index contributed by atoms with van der Waals surface area (Å²) >= 11 is 0. The minimum absolute atomic E-state index is 0.265. The third-order valence-corrected chi connectivity index (χ3v) is 5.10. The number of esters is 1. The van der Waals surface area contributed by atoms with Gasteiger partial charge in [0.05, 0.1) is 13.2 Å². The molecule has 0 radical (unpaired) electrons. The Hall–Kier alpha value is -3.73. The fourth-order valence-corrected chi connectivity index (χ4v) is 3.23. The van der Waals surface area contributed by atoms with E-state index in [0.29, 0.717) is 19.8 Å². The molecule has 0 aliphatic rings. The van der Waals surface area contributed by atoms with Crippen LogP contribution in [0.1, 0.15) is 31.2 Å². The summed E-state index contributed by atoms with van der Waals surface area (Å²) in [6, 6.07) is 23.0. The van der Waals surface area contributed by atoms with Crippen molar-refractivity contribution in [3.8, 4) is 28.4 Å². The fourth-order valence-electron chi connectivity index (χ4n) is 3.23. The van der Waals surface area contributed by atoms with E-state index in [1.807, 2.05) is 48.5 Å². The molecule has 0 bridgehead atoms. The molecular weight excluding hydrogens is 416 g/mol. The van der Waals surface area contributed by atoms with E-state index >= 15 is 0 Å². The molecule has 0 aliphatic heterocycles. The number of phenolic OH excluding ortho intramolecular Hbond substituents is 1. The van der Waals surface area contributed by atoms with Gasteiger partial charge < -0.3 is 19.3 Å². The Bertz CT molecular complexity index is 992. The van der Waals surface area contributed by atoms with Crippen LogP contribution in [0.3, 0.4) is 0 Å². The lowest BCUT2D eigenvalue weighted by Gasteiger charge is -2.10. The molecule has 5 heteroatoms. The molecule has 1 N–H and O–H groups in total. The molecular formula is C28H30O5. The Kier molecular flexibility index (Phi) is 9.40. The Morgan fingerprint density at radius 3 is 1.88 bits per heavy atom. The third-order valence-electron chi connectivity index (χ3n) is 5.10. The van der Waals surface area contributed by atoms with Gasteiger partial charge in [0.25, 0.3) is 0 Å². The molecule has 0 fully saturated rings. The van der Waals surface area contributed by atoms with Crippen molar-refractivity contribution in [2.45, 2.75) is 32.3 Å². The zero-order valence-electron chi connectivity index (χ0n) is 18.7. The van der Waals surface area contributed by atoms with Gasteiger partial charge in [0.15, 0.2) is 0 Å². The van der Waals surface area contributed by atoms with Gasteiger partial charge in [-0.1, -0.05) is 43.0 Å². The minimum atomic E-state index is -0.366. The van der Waals surface area contributed by atoms with Crippen LogP contribution in [0.25, 0.3) is 11.1 Å². The van der Waals surface area contributed by atoms with Gasteiger partial charge in [-0.05, 0) is 78.8 Å². The van der Waals surface area contributed by atoms with Gasteiger partial charge in [0, 0.05) is 6.08 Å². The van der Waals surface area contributed by atoms with Gasteiger partial charge in [-0.25, -0.2) is 4.79 Å². The van der Waals surface area contributed by atoms with E-state index in [0.717, 1.165) is 53.9 Å². The average Bonchev–Trinajstić information content (AvgIpc) is 2.85. The number of unbranched alkanes of at least 4 members (excludes halogenated alkanes) is 3. The third kappa shape index (κ3) is 8.37. The lowest BCUT2D eigenvalue weighted by Crippen LogP contribution is -2.02. The van der Waals surface area contributed by atoms with Crippen LogP contribution in [0.2, 0.25) is 0 Å². The number of carbonyl (C=O) groups excluding carboxylic acids is 1. The lowest BCUT2D eigenvalue weighted by atomic mass is 10.0. The van der Waals surface area contributed by atoms with E-state index in [4.69, 9.17) is 14.2 Å². The van der Waals surface area contributed by atoms with E-state index < -0.39 is 0 Å². The number of hydrogen-bond acceptors (Lipinski definition) is 5. The predicted octanol–water partition coefficient (Wildman–Crippen LogP) is 6.31. The van der Waals surface area contributed by atoms with Crippen LogP contribution >= 0.6 is 0 Å². The van der Waals surface area contributed by atoms with Gasteiger partial charge in [-0.2, -0.15) is 0 Å². The average molecular weight is 447 g/mol. The van der Waals surface area contributed by atoms with E-state index in [1.165, 1.54) is 6.08 Å². The molecule has 0 saturated heterocycles. The number of hydrogen-bond donors (Lipinski definition) is 1. The highest BCUT2D eigenvalue weighted by molar-refractivity contribution is 5.81. The SMILES string of the molecule is C=CC(=O)OCCCCCCOc1ccc(OCc2ccc(-c3ccc(O)cc3)cc2)cc1.